The quantitative estimate of drug-likeness (QED) is 0.171. The van der Waals surface area contributed by atoms with Crippen molar-refractivity contribution < 1.29 is 49.7 Å². The zero-order chi connectivity index (χ0) is 43.2. The summed E-state index contributed by atoms with van der Waals surface area (Å²) in [6.45, 7) is 9.64. The summed E-state index contributed by atoms with van der Waals surface area (Å²) in [5, 5.41) is 11.1. The van der Waals surface area contributed by atoms with Crippen LogP contribution in [0.1, 0.15) is 74.6 Å². The Bertz CT molecular complexity index is 2320. The second-order valence-corrected chi connectivity index (χ2v) is 18.5. The fourth-order valence-corrected chi connectivity index (χ4v) is 6.82. The number of aliphatic hydroxyl groups is 1. The van der Waals surface area contributed by atoms with Crippen LogP contribution in [0.3, 0.4) is 0 Å². The number of aromatic nitrogens is 4. The van der Waals surface area contributed by atoms with Gasteiger partial charge in [-0.05, 0) is 72.5 Å². The largest absolute Gasteiger partial charge is 0.388 e. The average Bonchev–Trinajstić information content (AvgIpc) is 3.91. The van der Waals surface area contributed by atoms with Crippen molar-refractivity contribution >= 4 is 38.0 Å². The normalized spacial score (nSPS) is 15.9. The van der Waals surface area contributed by atoms with E-state index in [4.69, 9.17) is 18.9 Å². The minimum atomic E-state index is -3.61. The zero-order valence-corrected chi connectivity index (χ0v) is 35.8. The van der Waals surface area contributed by atoms with Gasteiger partial charge in [0, 0.05) is 42.8 Å². The molecule has 0 amide bonds. The van der Waals surface area contributed by atoms with Crippen molar-refractivity contribution in [3.8, 4) is 22.5 Å². The van der Waals surface area contributed by atoms with Crippen LogP contribution in [-0.2, 0) is 39.0 Å². The van der Waals surface area contributed by atoms with E-state index in [1.54, 1.807) is 18.2 Å². The molecule has 1 atom stereocenters. The van der Waals surface area contributed by atoms with E-state index in [1.165, 1.54) is 50.5 Å². The molecule has 0 aliphatic carbocycles. The van der Waals surface area contributed by atoms with Crippen molar-refractivity contribution in [1.82, 2.24) is 19.9 Å². The predicted molar refractivity (Wildman–Crippen MR) is 220 cm³/mol. The molecule has 320 valence electrons. The van der Waals surface area contributed by atoms with Crippen LogP contribution in [0.25, 0.3) is 28.6 Å². The van der Waals surface area contributed by atoms with Gasteiger partial charge in [0.05, 0.1) is 67.8 Å². The van der Waals surface area contributed by atoms with Crippen LogP contribution in [0.5, 0.6) is 0 Å². The van der Waals surface area contributed by atoms with Crippen molar-refractivity contribution in [3.63, 3.8) is 0 Å². The summed E-state index contributed by atoms with van der Waals surface area (Å²) in [6.07, 6.45) is 3.85. The fraction of sp³-hybridized carbons (Fsp3) is 0.450. The van der Waals surface area contributed by atoms with E-state index in [1.807, 2.05) is 33.8 Å². The van der Waals surface area contributed by atoms with E-state index in [0.29, 0.717) is 71.5 Å². The van der Waals surface area contributed by atoms with Gasteiger partial charge >= 0.3 is 0 Å². The van der Waals surface area contributed by atoms with Gasteiger partial charge in [-0.2, -0.15) is 0 Å². The molecule has 2 saturated heterocycles. The Balaban J connectivity index is 0.000000224. The molecule has 2 fully saturated rings. The third kappa shape index (κ3) is 11.6. The molecule has 15 nitrogen and oxygen atoms in total. The number of sulfonamides is 2. The Morgan fingerprint density at radius 3 is 1.58 bits per heavy atom. The van der Waals surface area contributed by atoms with Crippen molar-refractivity contribution in [2.75, 3.05) is 61.6 Å². The zero-order valence-electron chi connectivity index (χ0n) is 34.2. The third-order valence-electron chi connectivity index (χ3n) is 9.32. The predicted octanol–water partition coefficient (Wildman–Crippen LogP) is 5.79. The minimum Gasteiger partial charge on any atom is -0.388 e. The lowest BCUT2D eigenvalue weighted by molar-refractivity contribution is -0.0709. The maximum absolute atomic E-state index is 13.5. The van der Waals surface area contributed by atoms with Crippen LogP contribution < -0.4 is 8.61 Å². The van der Waals surface area contributed by atoms with Crippen molar-refractivity contribution in [2.45, 2.75) is 64.6 Å². The highest BCUT2D eigenvalue weighted by molar-refractivity contribution is 7.92. The number of nitrogens with zero attached hydrogens (tertiary/aromatic N) is 6. The SMILES string of the molecule is CC(C)c1nc(N(C)S(C)(=O)=O)nc(-c2ccc(F)cc2)c1/C=C/C1OCCO1.CC(C)c1nc(N(C)S(C)(=O)=O)nc(-c2ccc(F)cc2)c1C(O)CC1OCCO1. The van der Waals surface area contributed by atoms with Gasteiger partial charge in [-0.3, -0.25) is 0 Å². The van der Waals surface area contributed by atoms with Crippen LogP contribution in [0.4, 0.5) is 20.7 Å². The van der Waals surface area contributed by atoms with Gasteiger partial charge in [-0.1, -0.05) is 27.7 Å². The number of halogens is 2. The lowest BCUT2D eigenvalue weighted by atomic mass is 9.93. The molecule has 4 heterocycles. The third-order valence-corrected chi connectivity index (χ3v) is 11.6. The Hall–Kier alpha value is -4.50. The first-order valence-corrected chi connectivity index (χ1v) is 22.5. The Kier molecular flexibility index (Phi) is 14.9. The lowest BCUT2D eigenvalue weighted by Crippen LogP contribution is -2.28. The summed E-state index contributed by atoms with van der Waals surface area (Å²) in [6, 6.07) is 11.5. The molecule has 0 saturated carbocycles. The van der Waals surface area contributed by atoms with E-state index in [0.717, 1.165) is 21.1 Å². The van der Waals surface area contributed by atoms with Gasteiger partial charge in [0.15, 0.2) is 12.6 Å². The maximum Gasteiger partial charge on any atom is 0.239 e. The van der Waals surface area contributed by atoms with E-state index in [2.05, 4.69) is 19.9 Å². The Morgan fingerprint density at radius 1 is 0.695 bits per heavy atom. The van der Waals surface area contributed by atoms with E-state index in [-0.39, 0.29) is 36.0 Å². The molecule has 2 aliphatic heterocycles. The topological polar surface area (TPSA) is 183 Å². The molecule has 0 bridgehead atoms. The molecule has 59 heavy (non-hydrogen) atoms. The minimum absolute atomic E-state index is 0.0195. The number of ether oxygens (including phenoxy) is 4. The molecule has 1 N–H and O–H groups in total. The molecule has 4 aromatic rings. The van der Waals surface area contributed by atoms with Gasteiger partial charge in [-0.15, -0.1) is 0 Å². The van der Waals surface area contributed by atoms with Crippen LogP contribution in [0, 0.1) is 11.6 Å². The first-order valence-electron chi connectivity index (χ1n) is 18.8. The highest BCUT2D eigenvalue weighted by Gasteiger charge is 2.30. The summed E-state index contributed by atoms with van der Waals surface area (Å²) >= 11 is 0. The highest BCUT2D eigenvalue weighted by atomic mass is 32.2. The fourth-order valence-electron chi connectivity index (χ4n) is 6.06. The van der Waals surface area contributed by atoms with Crippen LogP contribution in [-0.4, -0.2) is 107 Å². The van der Waals surface area contributed by atoms with Gasteiger partial charge in [0.25, 0.3) is 0 Å². The summed E-state index contributed by atoms with van der Waals surface area (Å²) < 4.78 is 99.0. The van der Waals surface area contributed by atoms with Crippen LogP contribution in [0.15, 0.2) is 54.6 Å². The van der Waals surface area contributed by atoms with Crippen LogP contribution >= 0.6 is 0 Å². The van der Waals surface area contributed by atoms with Crippen molar-refractivity contribution in [2.24, 2.45) is 0 Å². The number of aliphatic hydroxyl groups excluding tert-OH is 1. The molecule has 1 unspecified atom stereocenters. The smallest absolute Gasteiger partial charge is 0.239 e. The molecule has 2 aliphatic rings. The van der Waals surface area contributed by atoms with Crippen molar-refractivity contribution in [1.29, 1.82) is 0 Å². The molecular weight excluding hydrogens is 811 g/mol. The average molecular weight is 861 g/mol. The lowest BCUT2D eigenvalue weighted by Gasteiger charge is -2.25. The molecule has 19 heteroatoms. The highest BCUT2D eigenvalue weighted by Crippen LogP contribution is 2.37. The second kappa shape index (κ2) is 19.3. The summed E-state index contributed by atoms with van der Waals surface area (Å²) in [5.74, 6) is -0.917. The summed E-state index contributed by atoms with van der Waals surface area (Å²) in [4.78, 5) is 17.9. The van der Waals surface area contributed by atoms with Gasteiger partial charge in [-0.25, -0.2) is 54.2 Å². The molecule has 2 aromatic heterocycles. The van der Waals surface area contributed by atoms with Gasteiger partial charge < -0.3 is 24.1 Å². The van der Waals surface area contributed by atoms with Crippen molar-refractivity contribution in [3.05, 3.63) is 88.8 Å². The first kappa shape index (κ1) is 45.6. The maximum atomic E-state index is 13.5. The Labute approximate surface area is 344 Å². The monoisotopic (exact) mass is 860 g/mol. The number of benzene rings is 2. The number of rotatable bonds is 13. The summed E-state index contributed by atoms with van der Waals surface area (Å²) in [5.41, 5.74) is 4.34. The standard InChI is InChI=1S/C20H26FN3O5S.C20H24FN3O4S/c1-12(2)18-17(15(25)11-16-28-9-10-29-16)19(13-5-7-14(21)8-6-13)23-20(22-18)24(3)30(4,26)27;1-13(2)18-16(9-10-17-27-11-12-28-17)19(14-5-7-15(21)8-6-14)23-20(22-18)24(3)29(4,25)26/h5-8,12,15-16,25H,9-11H2,1-4H3;5-10,13,17H,11-12H2,1-4H3/b;10-9+. The molecule has 0 radical (unpaired) electrons. The van der Waals surface area contributed by atoms with Gasteiger partial charge in [0.2, 0.25) is 31.9 Å². The van der Waals surface area contributed by atoms with E-state index >= 15 is 0 Å². The van der Waals surface area contributed by atoms with E-state index < -0.39 is 44.5 Å². The molecule has 0 spiro atoms. The molecular formula is C40H50F2N6O9S2. The summed E-state index contributed by atoms with van der Waals surface area (Å²) in [7, 11) is -4.40. The van der Waals surface area contributed by atoms with E-state index in [9.17, 15) is 30.7 Å². The van der Waals surface area contributed by atoms with Crippen LogP contribution in [0.2, 0.25) is 0 Å². The number of hydrogen-bond acceptors (Lipinski definition) is 13. The first-order chi connectivity index (χ1) is 27.7. The second-order valence-electron chi connectivity index (χ2n) is 14.5. The Morgan fingerprint density at radius 2 is 1.12 bits per heavy atom. The number of anilines is 2. The van der Waals surface area contributed by atoms with Gasteiger partial charge in [0.1, 0.15) is 11.6 Å². The molecule has 6 rings (SSSR count). The number of hydrogen-bond donors (Lipinski definition) is 1. The molecule has 2 aromatic carbocycles.